The summed E-state index contributed by atoms with van der Waals surface area (Å²) in [7, 11) is 13.1. The molecule has 1 saturated heterocycles. The number of carbonyl (C=O) groups is 6. The molecular weight excluding hydrogens is 1080 g/mol. The van der Waals surface area contributed by atoms with E-state index in [0.717, 1.165) is 11.4 Å². The van der Waals surface area contributed by atoms with Crippen molar-refractivity contribution in [1.82, 2.24) is 19.6 Å². The Hall–Kier alpha value is -5.38. The molecule has 0 spiro atoms. The standard InChI is InChI=1S/C64H106N6O14/c1-43(2)35-53-61(73)83-57(39-49-19-23-51(24-20-49)69(27-31-77-15)28-32-78-16)59(71)67(13)56(38-46(7)8)64(76)82-48(10)42-66(12)54(36-44(3)4)62(74)84-58(40-50-21-25-52(26-22-50)70(29-33-79-17)30-34-80-18)60(72)68(14)55(37-45(5)6)63(75)81-47(9)41-65(53)11/h19-26,43-48,53-58H,27-42H2,1-18H3. The van der Waals surface area contributed by atoms with Crippen LogP contribution in [0, 0.1) is 23.7 Å². The van der Waals surface area contributed by atoms with Gasteiger partial charge in [-0.25, -0.2) is 9.59 Å². The fraction of sp³-hybridized carbons (Fsp3) is 0.719. The maximum absolute atomic E-state index is 15.1. The van der Waals surface area contributed by atoms with Crippen LogP contribution in [0.3, 0.4) is 0 Å². The second kappa shape index (κ2) is 37.2. The first kappa shape index (κ1) is 72.9. The number of amides is 2. The van der Waals surface area contributed by atoms with Crippen molar-refractivity contribution < 1.29 is 66.7 Å². The van der Waals surface area contributed by atoms with Gasteiger partial charge >= 0.3 is 23.9 Å². The summed E-state index contributed by atoms with van der Waals surface area (Å²) in [5.74, 6) is -3.93. The van der Waals surface area contributed by atoms with Gasteiger partial charge in [-0.3, -0.25) is 29.0 Å². The summed E-state index contributed by atoms with van der Waals surface area (Å²) in [5.41, 5.74) is 3.26. The van der Waals surface area contributed by atoms with Crippen molar-refractivity contribution >= 4 is 47.1 Å². The average molecular weight is 1180 g/mol. The molecular formula is C64H106N6O14. The van der Waals surface area contributed by atoms with Crippen LogP contribution < -0.4 is 9.80 Å². The number of carbonyl (C=O) groups excluding carboxylic acids is 6. The maximum Gasteiger partial charge on any atom is 0.329 e. The molecule has 8 unspecified atom stereocenters. The zero-order chi connectivity index (χ0) is 62.8. The van der Waals surface area contributed by atoms with Crippen LogP contribution in [0.5, 0.6) is 0 Å². The highest BCUT2D eigenvalue weighted by atomic mass is 16.6. The van der Waals surface area contributed by atoms with Gasteiger partial charge in [-0.1, -0.05) is 79.7 Å². The zero-order valence-corrected chi connectivity index (χ0v) is 54.3. The molecule has 0 saturated carbocycles. The molecule has 0 aromatic heterocycles. The molecule has 1 aliphatic heterocycles. The number of ether oxygens (including phenoxy) is 8. The third kappa shape index (κ3) is 24.2. The highest BCUT2D eigenvalue weighted by Crippen LogP contribution is 2.26. The summed E-state index contributed by atoms with van der Waals surface area (Å²) in [6.07, 6.45) is -3.17. The first-order chi connectivity index (χ1) is 39.7. The molecule has 20 heteroatoms. The molecule has 1 fully saturated rings. The highest BCUT2D eigenvalue weighted by Gasteiger charge is 2.41. The first-order valence-corrected chi connectivity index (χ1v) is 30.1. The number of likely N-dealkylation sites (N-methyl/N-ethyl adjacent to an activating group) is 4. The number of nitrogens with zero attached hydrogens (tertiary/aromatic N) is 6. The minimum atomic E-state index is -1.36. The van der Waals surface area contributed by atoms with Crippen molar-refractivity contribution in [2.75, 3.05) is 132 Å². The lowest BCUT2D eigenvalue weighted by Crippen LogP contribution is -2.53. The summed E-state index contributed by atoms with van der Waals surface area (Å²) in [4.78, 5) is 99.5. The average Bonchev–Trinajstić information content (AvgIpc) is 3.57. The Balaban J connectivity index is 2.22. The van der Waals surface area contributed by atoms with Gasteiger partial charge < -0.3 is 57.5 Å². The largest absolute Gasteiger partial charge is 0.460 e. The van der Waals surface area contributed by atoms with Crippen LogP contribution >= 0.6 is 0 Å². The summed E-state index contributed by atoms with van der Waals surface area (Å²) in [5, 5.41) is 0. The topological polar surface area (TPSA) is 196 Å². The predicted molar refractivity (Wildman–Crippen MR) is 327 cm³/mol. The minimum Gasteiger partial charge on any atom is -0.460 e. The van der Waals surface area contributed by atoms with E-state index in [2.05, 4.69) is 9.80 Å². The number of methoxy groups -OCH3 is 4. The third-order valence-electron chi connectivity index (χ3n) is 15.1. The van der Waals surface area contributed by atoms with E-state index in [9.17, 15) is 19.2 Å². The number of rotatable bonds is 26. The van der Waals surface area contributed by atoms with Gasteiger partial charge in [0.2, 0.25) is 0 Å². The number of cyclic esters (lactones) is 4. The number of hydrogen-bond donors (Lipinski definition) is 0. The van der Waals surface area contributed by atoms with Crippen LogP contribution in [0.25, 0.3) is 0 Å². The van der Waals surface area contributed by atoms with Gasteiger partial charge in [0.05, 0.1) is 26.4 Å². The fourth-order valence-corrected chi connectivity index (χ4v) is 10.4. The molecule has 1 heterocycles. The quantitative estimate of drug-likeness (QED) is 0.0703. The molecule has 0 N–H and O–H groups in total. The van der Waals surface area contributed by atoms with Crippen molar-refractivity contribution in [2.24, 2.45) is 23.7 Å². The monoisotopic (exact) mass is 1180 g/mol. The molecule has 2 aromatic rings. The van der Waals surface area contributed by atoms with E-state index in [1.165, 1.54) is 23.9 Å². The third-order valence-corrected chi connectivity index (χ3v) is 15.1. The molecule has 3 rings (SSSR count). The SMILES string of the molecule is COCCN(CCOC)c1ccc(CC2OC(=O)C(CC(C)C)N(C)CC(C)OC(=O)C(CC(C)C)N(C)C(=O)C(Cc3ccc(N(CCOC)CCOC)cc3)OC(=O)C(CC(C)C)N(C)CC(C)OC(=O)C(CC(C)C)N(C)C2=O)cc1. The molecule has 8 atom stereocenters. The van der Waals surface area contributed by atoms with Crippen molar-refractivity contribution in [3.8, 4) is 0 Å². The van der Waals surface area contributed by atoms with Crippen molar-refractivity contribution in [2.45, 2.75) is 156 Å². The van der Waals surface area contributed by atoms with Crippen LogP contribution in [0.15, 0.2) is 48.5 Å². The first-order valence-electron chi connectivity index (χ1n) is 30.1. The van der Waals surface area contributed by atoms with E-state index < -0.39 is 84.3 Å². The van der Waals surface area contributed by atoms with E-state index in [4.69, 9.17) is 37.9 Å². The van der Waals surface area contributed by atoms with E-state index in [-0.39, 0.29) is 62.4 Å². The second-order valence-electron chi connectivity index (χ2n) is 24.4. The van der Waals surface area contributed by atoms with Gasteiger partial charge in [-0.15, -0.1) is 0 Å². The number of esters is 4. The van der Waals surface area contributed by atoms with Gasteiger partial charge in [0.25, 0.3) is 11.8 Å². The Kier molecular flexibility index (Phi) is 32.3. The van der Waals surface area contributed by atoms with Gasteiger partial charge in [0.15, 0.2) is 12.2 Å². The Bertz CT molecular complexity index is 2110. The maximum atomic E-state index is 15.1. The molecule has 0 aliphatic carbocycles. The van der Waals surface area contributed by atoms with Crippen molar-refractivity contribution in [3.63, 3.8) is 0 Å². The van der Waals surface area contributed by atoms with Crippen LogP contribution in [0.1, 0.15) is 106 Å². The summed E-state index contributed by atoms with van der Waals surface area (Å²) in [6.45, 7) is 23.8. The fourth-order valence-electron chi connectivity index (χ4n) is 10.4. The molecule has 0 radical (unpaired) electrons. The van der Waals surface area contributed by atoms with Gasteiger partial charge in [0.1, 0.15) is 36.4 Å². The zero-order valence-electron chi connectivity index (χ0n) is 54.3. The molecule has 2 amide bonds. The van der Waals surface area contributed by atoms with E-state index in [1.807, 2.05) is 104 Å². The Morgan fingerprint density at radius 3 is 0.952 bits per heavy atom. The van der Waals surface area contributed by atoms with Crippen LogP contribution in [0.2, 0.25) is 0 Å². The summed E-state index contributed by atoms with van der Waals surface area (Å²) >= 11 is 0. The van der Waals surface area contributed by atoms with Gasteiger partial charge in [0, 0.05) is 106 Å². The van der Waals surface area contributed by atoms with Crippen LogP contribution in [0.4, 0.5) is 11.4 Å². The van der Waals surface area contributed by atoms with Crippen LogP contribution in [-0.2, 0) is 79.5 Å². The number of hydrogen-bond acceptors (Lipinski definition) is 18. The summed E-state index contributed by atoms with van der Waals surface area (Å²) in [6, 6.07) is 11.4. The molecule has 0 bridgehead atoms. The number of anilines is 2. The second-order valence-corrected chi connectivity index (χ2v) is 24.4. The molecule has 476 valence electrons. The normalized spacial score (nSPS) is 23.0. The van der Waals surface area contributed by atoms with Gasteiger partial charge in [-0.2, -0.15) is 0 Å². The van der Waals surface area contributed by atoms with Gasteiger partial charge in [-0.05, 0) is 113 Å². The molecule has 2 aromatic carbocycles. The van der Waals surface area contributed by atoms with Crippen LogP contribution in [-0.4, -0.2) is 226 Å². The van der Waals surface area contributed by atoms with E-state index >= 15 is 9.59 Å². The molecule has 1 aliphatic rings. The molecule has 84 heavy (non-hydrogen) atoms. The smallest absolute Gasteiger partial charge is 0.329 e. The van der Waals surface area contributed by atoms with E-state index in [0.29, 0.717) is 76.6 Å². The lowest BCUT2D eigenvalue weighted by molar-refractivity contribution is -0.171. The minimum absolute atomic E-state index is 0.00309. The molecule has 20 nitrogen and oxygen atoms in total. The number of benzene rings is 2. The lowest BCUT2D eigenvalue weighted by Gasteiger charge is -2.35. The van der Waals surface area contributed by atoms with Crippen molar-refractivity contribution in [1.29, 1.82) is 0 Å². The Morgan fingerprint density at radius 1 is 0.429 bits per heavy atom. The van der Waals surface area contributed by atoms with Crippen molar-refractivity contribution in [3.05, 3.63) is 59.7 Å². The highest BCUT2D eigenvalue weighted by molar-refractivity contribution is 5.90. The predicted octanol–water partition coefficient (Wildman–Crippen LogP) is 6.81. The Labute approximate surface area is 503 Å². The van der Waals surface area contributed by atoms with E-state index in [1.54, 1.807) is 66.2 Å². The summed E-state index contributed by atoms with van der Waals surface area (Å²) < 4.78 is 46.6. The lowest BCUT2D eigenvalue weighted by atomic mass is 10.00. The Morgan fingerprint density at radius 2 is 0.690 bits per heavy atom.